The maximum atomic E-state index is 11.5. The molecule has 0 spiro atoms. The lowest BCUT2D eigenvalue weighted by Crippen LogP contribution is -2.67. The third kappa shape index (κ3) is 2.39. The summed E-state index contributed by atoms with van der Waals surface area (Å²) in [6, 6.07) is 0. The molecule has 0 aromatic rings. The summed E-state index contributed by atoms with van der Waals surface area (Å²) in [6.07, 6.45) is 2.31. The molecule has 2 N–H and O–H groups in total. The van der Waals surface area contributed by atoms with Gasteiger partial charge in [0.1, 0.15) is 0 Å². The Morgan fingerprint density at radius 3 is 2.38 bits per heavy atom. The highest BCUT2D eigenvalue weighted by molar-refractivity contribution is 5.95. The predicted octanol–water partition coefficient (Wildman–Crippen LogP) is 0.903. The van der Waals surface area contributed by atoms with Gasteiger partial charge in [0.2, 0.25) is 11.4 Å². The second kappa shape index (κ2) is 4.03. The van der Waals surface area contributed by atoms with E-state index >= 15 is 0 Å². The van der Waals surface area contributed by atoms with Crippen LogP contribution in [0.1, 0.15) is 20.3 Å². The molecule has 0 saturated heterocycles. The molecule has 0 heterocycles. The molecule has 0 radical (unpaired) electrons. The van der Waals surface area contributed by atoms with Gasteiger partial charge >= 0.3 is 0 Å². The van der Waals surface area contributed by atoms with Crippen LogP contribution >= 0.6 is 0 Å². The van der Waals surface area contributed by atoms with Crippen molar-refractivity contribution in [3.63, 3.8) is 0 Å². The number of ketones is 1. The molecule has 3 heteroatoms. The highest BCUT2D eigenvalue weighted by atomic mass is 16.1. The van der Waals surface area contributed by atoms with Crippen LogP contribution in [0.5, 0.6) is 0 Å². The fourth-order valence-electron chi connectivity index (χ4n) is 1.30. The van der Waals surface area contributed by atoms with Crippen LogP contribution in [-0.4, -0.2) is 36.6 Å². The summed E-state index contributed by atoms with van der Waals surface area (Å²) < 4.78 is 0.494. The smallest absolute Gasteiger partial charge is 0.230 e. The van der Waals surface area contributed by atoms with Crippen LogP contribution in [0.4, 0.5) is 0 Å². The van der Waals surface area contributed by atoms with E-state index < -0.39 is 5.66 Å². The number of rotatable bonds is 5. The molecule has 0 rings (SSSR count). The van der Waals surface area contributed by atoms with Gasteiger partial charge < -0.3 is 4.48 Å². The first-order chi connectivity index (χ1) is 5.79. The number of quaternary nitrogens is 1. The van der Waals surface area contributed by atoms with Gasteiger partial charge in [-0.15, -0.1) is 0 Å². The molecule has 0 fully saturated rings. The summed E-state index contributed by atoms with van der Waals surface area (Å²) in [7, 11) is 3.93. The SMILES string of the molecule is C=CC(=O)C(C)(N)[N+](C)(C)CCC. The number of carbonyl (C=O) groups is 1. The predicted molar refractivity (Wildman–Crippen MR) is 55.1 cm³/mol. The van der Waals surface area contributed by atoms with Crippen LogP contribution in [-0.2, 0) is 4.79 Å². The Labute approximate surface area is 80.8 Å². The molecule has 3 nitrogen and oxygen atoms in total. The summed E-state index contributed by atoms with van der Waals surface area (Å²) in [5.74, 6) is -0.106. The first-order valence-electron chi connectivity index (χ1n) is 4.58. The zero-order valence-corrected chi connectivity index (χ0v) is 9.13. The Hall–Kier alpha value is -0.670. The standard InChI is InChI=1S/C10H21N2O/c1-6-8-12(4,5)10(3,11)9(13)7-2/h7H,2,6,8,11H2,1,3-5H3/q+1. The molecule has 76 valence electrons. The average Bonchev–Trinajstić information content (AvgIpc) is 2.02. The number of hydrogen-bond acceptors (Lipinski definition) is 2. The minimum atomic E-state index is -0.863. The van der Waals surface area contributed by atoms with Gasteiger partial charge in [0, 0.05) is 6.92 Å². The normalized spacial score (nSPS) is 16.4. The highest BCUT2D eigenvalue weighted by Crippen LogP contribution is 2.16. The minimum Gasteiger partial charge on any atom is -0.305 e. The summed E-state index contributed by atoms with van der Waals surface area (Å²) >= 11 is 0. The molecule has 0 aromatic carbocycles. The molecule has 0 aromatic heterocycles. The van der Waals surface area contributed by atoms with Crippen LogP contribution in [0, 0.1) is 0 Å². The Morgan fingerprint density at radius 2 is 2.08 bits per heavy atom. The number of likely N-dealkylation sites (N-methyl/N-ethyl adjacent to an activating group) is 1. The van der Waals surface area contributed by atoms with E-state index in [-0.39, 0.29) is 5.78 Å². The van der Waals surface area contributed by atoms with Gasteiger partial charge in [-0.25, -0.2) is 0 Å². The van der Waals surface area contributed by atoms with Gasteiger partial charge in [0.05, 0.1) is 20.6 Å². The number of hydrogen-bond donors (Lipinski definition) is 1. The molecule has 0 bridgehead atoms. The van der Waals surface area contributed by atoms with E-state index in [0.29, 0.717) is 4.48 Å². The molecule has 1 unspecified atom stereocenters. The van der Waals surface area contributed by atoms with E-state index in [1.54, 1.807) is 6.92 Å². The fourth-order valence-corrected chi connectivity index (χ4v) is 1.30. The van der Waals surface area contributed by atoms with E-state index in [0.717, 1.165) is 13.0 Å². The summed E-state index contributed by atoms with van der Waals surface area (Å²) in [4.78, 5) is 11.5. The second-order valence-electron chi connectivity index (χ2n) is 4.12. The van der Waals surface area contributed by atoms with Crippen LogP contribution < -0.4 is 5.73 Å². The Kier molecular flexibility index (Phi) is 3.82. The Morgan fingerprint density at radius 1 is 1.62 bits per heavy atom. The van der Waals surface area contributed by atoms with Gasteiger partial charge in [0.25, 0.3) is 0 Å². The second-order valence-corrected chi connectivity index (χ2v) is 4.12. The van der Waals surface area contributed by atoms with Gasteiger partial charge in [-0.05, 0) is 12.5 Å². The molecule has 0 saturated carbocycles. The summed E-state index contributed by atoms with van der Waals surface area (Å²) in [5, 5.41) is 0. The lowest BCUT2D eigenvalue weighted by atomic mass is 10.0. The molecule has 0 amide bonds. The topological polar surface area (TPSA) is 43.1 Å². The molecular weight excluding hydrogens is 164 g/mol. The van der Waals surface area contributed by atoms with Crippen LogP contribution in [0.25, 0.3) is 0 Å². The first-order valence-corrected chi connectivity index (χ1v) is 4.58. The average molecular weight is 185 g/mol. The molecule has 0 aliphatic carbocycles. The third-order valence-electron chi connectivity index (χ3n) is 2.72. The number of carbonyl (C=O) groups excluding carboxylic acids is 1. The first kappa shape index (κ1) is 12.3. The van der Waals surface area contributed by atoms with Crippen LogP contribution in [0.2, 0.25) is 0 Å². The zero-order chi connectivity index (χ0) is 10.7. The quantitative estimate of drug-likeness (QED) is 0.393. The van der Waals surface area contributed by atoms with Crippen molar-refractivity contribution in [3.05, 3.63) is 12.7 Å². The minimum absolute atomic E-state index is 0.106. The van der Waals surface area contributed by atoms with Crippen molar-refractivity contribution in [2.75, 3.05) is 20.6 Å². The van der Waals surface area contributed by atoms with E-state index in [9.17, 15) is 4.79 Å². The van der Waals surface area contributed by atoms with Crippen molar-refractivity contribution in [2.24, 2.45) is 5.73 Å². The van der Waals surface area contributed by atoms with E-state index in [1.165, 1.54) is 6.08 Å². The van der Waals surface area contributed by atoms with Crippen molar-refractivity contribution in [1.29, 1.82) is 0 Å². The van der Waals surface area contributed by atoms with Gasteiger partial charge in [-0.1, -0.05) is 13.5 Å². The number of nitrogens with two attached hydrogens (primary N) is 1. The third-order valence-corrected chi connectivity index (χ3v) is 2.72. The fraction of sp³-hybridized carbons (Fsp3) is 0.700. The molecule has 0 aliphatic rings. The lowest BCUT2D eigenvalue weighted by molar-refractivity contribution is -0.928. The van der Waals surface area contributed by atoms with Gasteiger partial charge in [-0.2, -0.15) is 0 Å². The molecule has 1 atom stereocenters. The van der Waals surface area contributed by atoms with Crippen LogP contribution in [0.3, 0.4) is 0 Å². The van der Waals surface area contributed by atoms with Crippen molar-refractivity contribution >= 4 is 5.78 Å². The van der Waals surface area contributed by atoms with Gasteiger partial charge in [-0.3, -0.25) is 10.5 Å². The monoisotopic (exact) mass is 185 g/mol. The summed E-state index contributed by atoms with van der Waals surface area (Å²) in [6.45, 7) is 8.18. The maximum Gasteiger partial charge on any atom is 0.230 e. The maximum absolute atomic E-state index is 11.5. The zero-order valence-electron chi connectivity index (χ0n) is 9.13. The van der Waals surface area contributed by atoms with Crippen molar-refractivity contribution in [1.82, 2.24) is 0 Å². The Balaban J connectivity index is 4.78. The summed E-state index contributed by atoms with van der Waals surface area (Å²) in [5.41, 5.74) is 5.12. The lowest BCUT2D eigenvalue weighted by Gasteiger charge is -2.42. The van der Waals surface area contributed by atoms with Crippen molar-refractivity contribution in [3.8, 4) is 0 Å². The van der Waals surface area contributed by atoms with Crippen molar-refractivity contribution < 1.29 is 9.28 Å². The number of nitrogens with zero attached hydrogens (tertiary/aromatic N) is 1. The van der Waals surface area contributed by atoms with Crippen LogP contribution in [0.15, 0.2) is 12.7 Å². The van der Waals surface area contributed by atoms with E-state index in [4.69, 9.17) is 5.73 Å². The largest absolute Gasteiger partial charge is 0.305 e. The Bertz CT molecular complexity index is 207. The van der Waals surface area contributed by atoms with Crippen molar-refractivity contribution in [2.45, 2.75) is 25.9 Å². The molecule has 13 heavy (non-hydrogen) atoms. The highest BCUT2D eigenvalue weighted by Gasteiger charge is 2.42. The van der Waals surface area contributed by atoms with E-state index in [2.05, 4.69) is 13.5 Å². The molecule has 0 aliphatic heterocycles. The molecular formula is C10H21N2O+. The van der Waals surface area contributed by atoms with Gasteiger partial charge in [0.15, 0.2) is 0 Å². The van der Waals surface area contributed by atoms with E-state index in [1.807, 2.05) is 14.1 Å².